The number of nitrogens with zero attached hydrogens (tertiary/aromatic N) is 1. The molecule has 0 saturated carbocycles. The summed E-state index contributed by atoms with van der Waals surface area (Å²) in [6.07, 6.45) is 3.17. The van der Waals surface area contributed by atoms with Gasteiger partial charge in [-0.3, -0.25) is 9.36 Å². The fourth-order valence-electron chi connectivity index (χ4n) is 3.67. The number of aromatic amines is 1. The molecule has 0 aliphatic carbocycles. The Bertz CT molecular complexity index is 955. The van der Waals surface area contributed by atoms with Crippen molar-refractivity contribution in [1.29, 1.82) is 0 Å². The number of H-pyrrole nitrogens is 1. The molecular formula is C23H36N3O5P. The Morgan fingerprint density at radius 1 is 1.19 bits per heavy atom. The van der Waals surface area contributed by atoms with Gasteiger partial charge in [-0.25, -0.2) is 4.98 Å². The number of carbonyl (C=O) groups is 1. The number of benzene rings is 1. The number of aromatic nitrogens is 2. The van der Waals surface area contributed by atoms with Gasteiger partial charge in [-0.1, -0.05) is 53.7 Å². The van der Waals surface area contributed by atoms with Gasteiger partial charge in [-0.15, -0.1) is 0 Å². The normalized spacial score (nSPS) is 16.4. The van der Waals surface area contributed by atoms with Crippen LogP contribution in [0.3, 0.4) is 0 Å². The minimum atomic E-state index is -4.42. The lowest BCUT2D eigenvalue weighted by atomic mass is 9.78. The van der Waals surface area contributed by atoms with E-state index in [9.17, 15) is 19.4 Å². The van der Waals surface area contributed by atoms with E-state index in [1.165, 1.54) is 6.33 Å². The Hall–Kier alpha value is -1.99. The van der Waals surface area contributed by atoms with Crippen LogP contribution in [0.25, 0.3) is 0 Å². The summed E-state index contributed by atoms with van der Waals surface area (Å²) >= 11 is 0. The zero-order chi connectivity index (χ0) is 24.5. The number of hydrogen-bond donors (Lipinski definition) is 4. The summed E-state index contributed by atoms with van der Waals surface area (Å²) in [6, 6.07) is 2.20. The number of phenols is 1. The minimum absolute atomic E-state index is 0.0380. The topological polar surface area (TPSA) is 139 Å². The standard InChI is InChI=1S/C23H36N3O5P/c1-8-31-32(29,30)21(20(28)18(24)11-15-12-25-13-26-15)14-9-16(22(2,3)4)19(27)17(10-14)23(5,6)7/h9-10,12-13,18,21,27H,8,11,24H2,1-7H3,(H,25,26)(H,29,30)/t18-,21?/m0/s1. The number of phenolic OH excluding ortho intramolecular Hbond substituents is 1. The molecule has 0 spiro atoms. The van der Waals surface area contributed by atoms with Crippen molar-refractivity contribution in [3.05, 3.63) is 47.0 Å². The third-order valence-electron chi connectivity index (χ3n) is 5.33. The van der Waals surface area contributed by atoms with Crippen molar-refractivity contribution in [3.8, 4) is 5.75 Å². The Balaban J connectivity index is 2.70. The van der Waals surface area contributed by atoms with Crippen LogP contribution in [0.4, 0.5) is 0 Å². The number of Topliss-reactive ketones (excluding diaryl/α,β-unsaturated/α-hetero) is 1. The van der Waals surface area contributed by atoms with Gasteiger partial charge in [-0.2, -0.15) is 0 Å². The SMILES string of the molecule is CCOP(=O)(O)C(C(=O)[C@@H](N)Cc1cnc[nH]1)c1cc(C(C)(C)C)c(O)c(C(C)(C)C)c1. The largest absolute Gasteiger partial charge is 0.507 e. The van der Waals surface area contributed by atoms with Gasteiger partial charge in [-0.05, 0) is 34.4 Å². The quantitative estimate of drug-likeness (QED) is 0.430. The lowest BCUT2D eigenvalue weighted by Crippen LogP contribution is -2.37. The predicted molar refractivity (Wildman–Crippen MR) is 125 cm³/mol. The summed E-state index contributed by atoms with van der Waals surface area (Å²) in [5.41, 5.74) is 5.86. The maximum absolute atomic E-state index is 13.5. The maximum atomic E-state index is 13.5. The van der Waals surface area contributed by atoms with E-state index >= 15 is 0 Å². The van der Waals surface area contributed by atoms with Crippen LogP contribution in [0.1, 0.15) is 76.5 Å². The first-order valence-corrected chi connectivity index (χ1v) is 12.4. The van der Waals surface area contributed by atoms with Crippen LogP contribution < -0.4 is 5.73 Å². The molecule has 2 unspecified atom stereocenters. The molecule has 0 amide bonds. The van der Waals surface area contributed by atoms with Gasteiger partial charge in [0, 0.05) is 18.3 Å². The molecule has 0 saturated heterocycles. The lowest BCUT2D eigenvalue weighted by molar-refractivity contribution is -0.120. The number of nitrogens with two attached hydrogens (primary N) is 1. The Kier molecular flexibility index (Phi) is 7.78. The van der Waals surface area contributed by atoms with Crippen LogP contribution in [0.5, 0.6) is 5.75 Å². The first-order valence-electron chi connectivity index (χ1n) is 10.7. The molecule has 0 radical (unpaired) electrons. The molecule has 1 heterocycles. The first kappa shape index (κ1) is 26.3. The van der Waals surface area contributed by atoms with Crippen LogP contribution >= 0.6 is 7.60 Å². The number of ketones is 1. The number of nitrogens with one attached hydrogen (secondary N) is 1. The van der Waals surface area contributed by atoms with Gasteiger partial charge in [0.2, 0.25) is 0 Å². The molecule has 5 N–H and O–H groups in total. The number of carbonyl (C=O) groups excluding carboxylic acids is 1. The Morgan fingerprint density at radius 2 is 1.72 bits per heavy atom. The average molecular weight is 466 g/mol. The molecule has 2 rings (SSSR count). The summed E-state index contributed by atoms with van der Waals surface area (Å²) in [7, 11) is -4.42. The molecule has 0 fully saturated rings. The summed E-state index contributed by atoms with van der Waals surface area (Å²) in [5.74, 6) is -0.491. The van der Waals surface area contributed by atoms with E-state index in [1.54, 1.807) is 25.3 Å². The average Bonchev–Trinajstić information content (AvgIpc) is 3.13. The molecule has 1 aromatic heterocycles. The van der Waals surface area contributed by atoms with E-state index in [0.29, 0.717) is 22.4 Å². The zero-order valence-corrected chi connectivity index (χ0v) is 20.9. The van der Waals surface area contributed by atoms with Crippen molar-refractivity contribution in [3.63, 3.8) is 0 Å². The van der Waals surface area contributed by atoms with E-state index in [4.69, 9.17) is 10.3 Å². The molecular weight excluding hydrogens is 429 g/mol. The van der Waals surface area contributed by atoms with E-state index in [2.05, 4.69) is 9.97 Å². The van der Waals surface area contributed by atoms with Crippen LogP contribution in [0.2, 0.25) is 0 Å². The summed E-state index contributed by atoms with van der Waals surface area (Å²) in [6.45, 7) is 13.1. The molecule has 2 aromatic rings. The van der Waals surface area contributed by atoms with Crippen LogP contribution in [0, 0.1) is 0 Å². The first-order chi connectivity index (χ1) is 14.6. The molecule has 32 heavy (non-hydrogen) atoms. The van der Waals surface area contributed by atoms with E-state index < -0.39 is 35.9 Å². The molecule has 3 atom stereocenters. The summed E-state index contributed by atoms with van der Waals surface area (Å²) in [5, 5.41) is 11.0. The predicted octanol–water partition coefficient (Wildman–Crippen LogP) is 4.11. The van der Waals surface area contributed by atoms with Gasteiger partial charge in [0.15, 0.2) is 5.78 Å². The number of aromatic hydroxyl groups is 1. The molecule has 0 aliphatic heterocycles. The highest BCUT2D eigenvalue weighted by Gasteiger charge is 2.43. The van der Waals surface area contributed by atoms with Crippen molar-refractivity contribution >= 4 is 13.4 Å². The minimum Gasteiger partial charge on any atom is -0.507 e. The lowest BCUT2D eigenvalue weighted by Gasteiger charge is -2.31. The Morgan fingerprint density at radius 3 is 2.12 bits per heavy atom. The highest BCUT2D eigenvalue weighted by Crippen LogP contribution is 2.58. The van der Waals surface area contributed by atoms with Gasteiger partial charge >= 0.3 is 7.60 Å². The van der Waals surface area contributed by atoms with Crippen molar-refractivity contribution in [2.45, 2.75) is 77.4 Å². The second-order valence-electron chi connectivity index (χ2n) is 10.1. The van der Waals surface area contributed by atoms with Crippen molar-refractivity contribution in [2.75, 3.05) is 6.61 Å². The van der Waals surface area contributed by atoms with E-state index in [-0.39, 0.29) is 18.8 Å². The van der Waals surface area contributed by atoms with Crippen molar-refractivity contribution in [1.82, 2.24) is 9.97 Å². The fourth-order valence-corrected chi connectivity index (χ4v) is 5.23. The van der Waals surface area contributed by atoms with Gasteiger partial charge in [0.1, 0.15) is 11.4 Å². The van der Waals surface area contributed by atoms with Gasteiger partial charge < -0.3 is 25.2 Å². The highest BCUT2D eigenvalue weighted by molar-refractivity contribution is 7.54. The van der Waals surface area contributed by atoms with Crippen molar-refractivity contribution in [2.24, 2.45) is 5.73 Å². The number of rotatable bonds is 8. The van der Waals surface area contributed by atoms with Gasteiger partial charge in [0.05, 0.1) is 19.0 Å². The molecule has 1 aromatic carbocycles. The Labute approximate surface area is 190 Å². The van der Waals surface area contributed by atoms with E-state index in [0.717, 1.165) is 0 Å². The zero-order valence-electron chi connectivity index (χ0n) is 20.0. The smallest absolute Gasteiger partial charge is 0.343 e. The second-order valence-corrected chi connectivity index (χ2v) is 12.0. The molecule has 178 valence electrons. The second kappa shape index (κ2) is 9.48. The number of imidazole rings is 1. The third-order valence-corrected chi connectivity index (χ3v) is 7.17. The molecule has 0 aliphatic rings. The summed E-state index contributed by atoms with van der Waals surface area (Å²) < 4.78 is 18.4. The monoisotopic (exact) mass is 465 g/mol. The number of hydrogen-bond acceptors (Lipinski definition) is 6. The van der Waals surface area contributed by atoms with Gasteiger partial charge in [0.25, 0.3) is 0 Å². The summed E-state index contributed by atoms with van der Waals surface area (Å²) in [4.78, 5) is 31.1. The van der Waals surface area contributed by atoms with Crippen molar-refractivity contribution < 1.29 is 23.9 Å². The molecule has 0 bridgehead atoms. The van der Waals surface area contributed by atoms with Crippen LogP contribution in [-0.4, -0.2) is 38.4 Å². The molecule has 8 nitrogen and oxygen atoms in total. The maximum Gasteiger partial charge on any atom is 0.343 e. The van der Waals surface area contributed by atoms with Crippen LogP contribution in [-0.2, 0) is 31.1 Å². The fraction of sp³-hybridized carbons (Fsp3) is 0.565. The van der Waals surface area contributed by atoms with Crippen LogP contribution in [0.15, 0.2) is 24.7 Å². The van der Waals surface area contributed by atoms with E-state index in [1.807, 2.05) is 41.5 Å². The third kappa shape index (κ3) is 5.87. The molecule has 9 heteroatoms. The highest BCUT2D eigenvalue weighted by atomic mass is 31.2.